The molecule has 0 aliphatic rings. The Hall–Kier alpha value is -1.34. The number of carbonyl (C=O) groups excluding carboxylic acids is 1. The van der Waals surface area contributed by atoms with Gasteiger partial charge in [-0.05, 0) is 33.2 Å². The lowest BCUT2D eigenvalue weighted by molar-refractivity contribution is -0.124. The number of carbonyl (C=O) groups is 1. The van der Waals surface area contributed by atoms with E-state index in [0.29, 0.717) is 18.1 Å². The number of thioether (sulfide) groups is 1. The SMILES string of the molecule is CCNC(C)(CCCCSc1nc(C)cc(=O)[nH]1)C(N)=O. The molecular formula is C14H24N4O2S. The zero-order valence-electron chi connectivity index (χ0n) is 12.9. The molecule has 1 unspecified atom stereocenters. The van der Waals surface area contributed by atoms with E-state index in [1.54, 1.807) is 6.92 Å². The lowest BCUT2D eigenvalue weighted by atomic mass is 9.94. The van der Waals surface area contributed by atoms with Crippen LogP contribution in [0.25, 0.3) is 0 Å². The average Bonchev–Trinajstić information content (AvgIpc) is 2.37. The number of aryl methyl sites for hydroxylation is 1. The Morgan fingerprint density at radius 3 is 2.81 bits per heavy atom. The Kier molecular flexibility index (Phi) is 6.91. The molecule has 0 spiro atoms. The standard InChI is InChI=1S/C14H24N4O2S/c1-4-16-14(3,12(15)20)7-5-6-8-21-13-17-10(2)9-11(19)18-13/h9,16H,4-8H2,1-3H3,(H2,15,20)(H,17,18,19). The van der Waals surface area contributed by atoms with Crippen LogP contribution in [0.1, 0.15) is 38.8 Å². The van der Waals surface area contributed by atoms with Crippen LogP contribution >= 0.6 is 11.8 Å². The third-order valence-electron chi connectivity index (χ3n) is 3.27. The molecule has 0 saturated heterocycles. The van der Waals surface area contributed by atoms with Crippen molar-refractivity contribution in [2.45, 2.75) is 50.7 Å². The van der Waals surface area contributed by atoms with Crippen molar-refractivity contribution >= 4 is 17.7 Å². The number of rotatable bonds is 9. The highest BCUT2D eigenvalue weighted by atomic mass is 32.2. The number of amides is 1. The summed E-state index contributed by atoms with van der Waals surface area (Å²) in [5.74, 6) is 0.523. The second-order valence-corrected chi connectivity index (χ2v) is 6.31. The van der Waals surface area contributed by atoms with Crippen molar-refractivity contribution in [1.29, 1.82) is 0 Å². The van der Waals surface area contributed by atoms with E-state index >= 15 is 0 Å². The fourth-order valence-electron chi connectivity index (χ4n) is 2.06. The van der Waals surface area contributed by atoms with Gasteiger partial charge in [0.25, 0.3) is 5.56 Å². The molecule has 0 aliphatic heterocycles. The van der Waals surface area contributed by atoms with E-state index < -0.39 is 5.54 Å². The number of primary amides is 1. The van der Waals surface area contributed by atoms with Crippen LogP contribution in [0, 0.1) is 6.92 Å². The highest BCUT2D eigenvalue weighted by Gasteiger charge is 2.28. The van der Waals surface area contributed by atoms with Crippen molar-refractivity contribution in [2.24, 2.45) is 5.73 Å². The monoisotopic (exact) mass is 312 g/mol. The molecule has 1 aromatic heterocycles. The number of hydrogen-bond donors (Lipinski definition) is 3. The first-order chi connectivity index (χ1) is 9.87. The molecule has 6 nitrogen and oxygen atoms in total. The Morgan fingerprint density at radius 1 is 1.52 bits per heavy atom. The Labute approximate surface area is 129 Å². The minimum absolute atomic E-state index is 0.126. The van der Waals surface area contributed by atoms with Gasteiger partial charge < -0.3 is 16.0 Å². The number of aromatic amines is 1. The van der Waals surface area contributed by atoms with E-state index in [4.69, 9.17) is 5.73 Å². The zero-order valence-corrected chi connectivity index (χ0v) is 13.7. The predicted molar refractivity (Wildman–Crippen MR) is 85.4 cm³/mol. The Bertz CT molecular complexity index is 532. The molecule has 0 aliphatic carbocycles. The van der Waals surface area contributed by atoms with Gasteiger partial charge in [0.15, 0.2) is 5.16 Å². The zero-order chi connectivity index (χ0) is 15.9. The molecule has 0 radical (unpaired) electrons. The normalized spacial score (nSPS) is 13.9. The predicted octanol–water partition coefficient (Wildman–Crippen LogP) is 1.19. The van der Waals surface area contributed by atoms with Gasteiger partial charge in [-0.3, -0.25) is 9.59 Å². The van der Waals surface area contributed by atoms with Gasteiger partial charge in [0.2, 0.25) is 5.91 Å². The lowest BCUT2D eigenvalue weighted by Crippen LogP contribution is -2.52. The Balaban J connectivity index is 2.37. The van der Waals surface area contributed by atoms with Crippen LogP contribution in [0.3, 0.4) is 0 Å². The fourth-order valence-corrected chi connectivity index (χ4v) is 2.98. The van der Waals surface area contributed by atoms with Crippen LogP contribution in [-0.2, 0) is 4.79 Å². The molecular weight excluding hydrogens is 288 g/mol. The molecule has 1 aromatic rings. The van der Waals surface area contributed by atoms with Crippen LogP contribution in [0.5, 0.6) is 0 Å². The van der Waals surface area contributed by atoms with Crippen LogP contribution in [0.2, 0.25) is 0 Å². The summed E-state index contributed by atoms with van der Waals surface area (Å²) in [6.07, 6.45) is 2.51. The van der Waals surface area contributed by atoms with Gasteiger partial charge in [-0.2, -0.15) is 0 Å². The van der Waals surface area contributed by atoms with E-state index in [-0.39, 0.29) is 11.5 Å². The molecule has 1 atom stereocenters. The number of H-pyrrole nitrogens is 1. The molecule has 0 saturated carbocycles. The van der Waals surface area contributed by atoms with Crippen LogP contribution in [0.4, 0.5) is 0 Å². The number of nitrogens with two attached hydrogens (primary N) is 1. The van der Waals surface area contributed by atoms with Crippen LogP contribution in [-0.4, -0.2) is 33.7 Å². The van der Waals surface area contributed by atoms with Crippen LogP contribution in [0.15, 0.2) is 16.0 Å². The van der Waals surface area contributed by atoms with E-state index in [9.17, 15) is 9.59 Å². The van der Waals surface area contributed by atoms with Crippen molar-refractivity contribution in [2.75, 3.05) is 12.3 Å². The number of hydrogen-bond acceptors (Lipinski definition) is 5. The van der Waals surface area contributed by atoms with Crippen LogP contribution < -0.4 is 16.6 Å². The minimum Gasteiger partial charge on any atom is -0.368 e. The van der Waals surface area contributed by atoms with Gasteiger partial charge in [-0.1, -0.05) is 25.1 Å². The third-order valence-corrected chi connectivity index (χ3v) is 4.23. The summed E-state index contributed by atoms with van der Waals surface area (Å²) in [7, 11) is 0. The first-order valence-electron chi connectivity index (χ1n) is 7.13. The summed E-state index contributed by atoms with van der Waals surface area (Å²) >= 11 is 1.52. The average molecular weight is 312 g/mol. The smallest absolute Gasteiger partial charge is 0.251 e. The quantitative estimate of drug-likeness (QED) is 0.361. The maximum absolute atomic E-state index is 11.5. The maximum atomic E-state index is 11.5. The van der Waals surface area contributed by atoms with Gasteiger partial charge in [-0.25, -0.2) is 4.98 Å². The van der Waals surface area contributed by atoms with Crippen molar-refractivity contribution < 1.29 is 4.79 Å². The molecule has 0 aromatic carbocycles. The van der Waals surface area contributed by atoms with Crippen molar-refractivity contribution in [3.05, 3.63) is 22.1 Å². The second kappa shape index (κ2) is 8.19. The molecule has 1 heterocycles. The number of aromatic nitrogens is 2. The number of unbranched alkanes of at least 4 members (excludes halogenated alkanes) is 1. The molecule has 1 rings (SSSR count). The third kappa shape index (κ3) is 5.89. The van der Waals surface area contributed by atoms with E-state index in [1.807, 2.05) is 13.8 Å². The summed E-state index contributed by atoms with van der Waals surface area (Å²) in [4.78, 5) is 29.7. The molecule has 4 N–H and O–H groups in total. The summed E-state index contributed by atoms with van der Waals surface area (Å²) in [5.41, 5.74) is 5.39. The fraction of sp³-hybridized carbons (Fsp3) is 0.643. The maximum Gasteiger partial charge on any atom is 0.251 e. The van der Waals surface area contributed by atoms with Gasteiger partial charge >= 0.3 is 0 Å². The van der Waals surface area contributed by atoms with Gasteiger partial charge in [0.05, 0.1) is 5.54 Å². The van der Waals surface area contributed by atoms with E-state index in [0.717, 1.165) is 24.3 Å². The highest BCUT2D eigenvalue weighted by Crippen LogP contribution is 2.18. The lowest BCUT2D eigenvalue weighted by Gasteiger charge is -2.26. The van der Waals surface area contributed by atoms with Gasteiger partial charge in [0.1, 0.15) is 0 Å². The number of nitrogens with one attached hydrogen (secondary N) is 2. The number of nitrogens with zero attached hydrogens (tertiary/aromatic N) is 1. The summed E-state index contributed by atoms with van der Waals surface area (Å²) in [6.45, 7) is 6.30. The molecule has 118 valence electrons. The van der Waals surface area contributed by atoms with Crippen molar-refractivity contribution in [1.82, 2.24) is 15.3 Å². The van der Waals surface area contributed by atoms with E-state index in [2.05, 4.69) is 15.3 Å². The Morgan fingerprint density at radius 2 is 2.24 bits per heavy atom. The largest absolute Gasteiger partial charge is 0.368 e. The molecule has 21 heavy (non-hydrogen) atoms. The summed E-state index contributed by atoms with van der Waals surface area (Å²) in [6, 6.07) is 1.47. The number of likely N-dealkylation sites (N-methyl/N-ethyl adjacent to an activating group) is 1. The first kappa shape index (κ1) is 17.7. The van der Waals surface area contributed by atoms with Gasteiger partial charge in [-0.15, -0.1) is 0 Å². The molecule has 0 bridgehead atoms. The van der Waals surface area contributed by atoms with Crippen molar-refractivity contribution in [3.63, 3.8) is 0 Å². The van der Waals surface area contributed by atoms with Crippen molar-refractivity contribution in [3.8, 4) is 0 Å². The highest BCUT2D eigenvalue weighted by molar-refractivity contribution is 7.99. The molecule has 7 heteroatoms. The molecule has 0 fully saturated rings. The second-order valence-electron chi connectivity index (χ2n) is 5.22. The molecule has 1 amide bonds. The first-order valence-corrected chi connectivity index (χ1v) is 8.11. The topological polar surface area (TPSA) is 101 Å². The summed E-state index contributed by atoms with van der Waals surface area (Å²) < 4.78 is 0. The summed E-state index contributed by atoms with van der Waals surface area (Å²) in [5, 5.41) is 3.78. The minimum atomic E-state index is -0.644. The van der Waals surface area contributed by atoms with Gasteiger partial charge in [0, 0.05) is 17.5 Å². The van der Waals surface area contributed by atoms with E-state index in [1.165, 1.54) is 17.8 Å².